The van der Waals surface area contributed by atoms with Gasteiger partial charge < -0.3 is 0 Å². The Hall–Kier alpha value is -4.49. The number of benzene rings is 5. The number of hydrogen-bond donors (Lipinski definition) is 0. The first-order valence-electron chi connectivity index (χ1n) is 14.3. The molecule has 0 amide bonds. The molecule has 0 spiro atoms. The lowest BCUT2D eigenvalue weighted by Crippen LogP contribution is -2.65. The Bertz CT molecular complexity index is 1900. The van der Waals surface area contributed by atoms with E-state index >= 15 is 0 Å². The van der Waals surface area contributed by atoms with Gasteiger partial charge >= 0.3 is 0 Å². The summed E-state index contributed by atoms with van der Waals surface area (Å²) in [7, 11) is 0. The van der Waals surface area contributed by atoms with Gasteiger partial charge in [0.1, 0.15) is 0 Å². The Labute approximate surface area is 238 Å². The highest BCUT2D eigenvalue weighted by Gasteiger charge is 2.46. The van der Waals surface area contributed by atoms with E-state index in [0.717, 1.165) is 0 Å². The van der Waals surface area contributed by atoms with Gasteiger partial charge in [-0.15, -0.1) is 0 Å². The molecule has 40 heavy (non-hydrogen) atoms. The maximum Gasteiger partial charge on any atom is 0.241 e. The van der Waals surface area contributed by atoms with Crippen molar-refractivity contribution in [1.82, 2.24) is 0 Å². The third-order valence-electron chi connectivity index (χ3n) is 9.26. The first-order valence-corrected chi connectivity index (χ1v) is 14.3. The van der Waals surface area contributed by atoms with Crippen molar-refractivity contribution < 1.29 is 0 Å². The highest BCUT2D eigenvalue weighted by Crippen LogP contribution is 2.33. The summed E-state index contributed by atoms with van der Waals surface area (Å²) >= 11 is 0. The summed E-state index contributed by atoms with van der Waals surface area (Å²) in [6, 6.07) is 43.2. The maximum absolute atomic E-state index is 4.38. The Kier molecular flexibility index (Phi) is 5.29. The molecule has 5 aromatic rings. The molecule has 0 aromatic heterocycles. The number of hydrogen-bond acceptors (Lipinski definition) is 0. The third kappa shape index (κ3) is 3.12. The Morgan fingerprint density at radius 1 is 0.500 bits per heavy atom. The molecule has 3 aliphatic rings. The number of fused-ring (bicyclic) bond motifs is 7. The van der Waals surface area contributed by atoms with E-state index in [1.165, 1.54) is 71.4 Å². The second-order valence-corrected chi connectivity index (χ2v) is 11.1. The molecule has 0 unspecified atom stereocenters. The fourth-order valence-electron chi connectivity index (χ4n) is 7.82. The zero-order valence-electron chi connectivity index (χ0n) is 22.6. The Morgan fingerprint density at radius 3 is 1.68 bits per heavy atom. The molecule has 0 aliphatic carbocycles. The van der Waals surface area contributed by atoms with Crippen LogP contribution in [0.5, 0.6) is 0 Å². The van der Waals surface area contributed by atoms with Gasteiger partial charge in [0, 0.05) is 0 Å². The summed E-state index contributed by atoms with van der Waals surface area (Å²) in [5.74, 6) is 0. The van der Waals surface area contributed by atoms with Crippen LogP contribution in [0.4, 0.5) is 0 Å². The van der Waals surface area contributed by atoms with Crippen LogP contribution in [-0.4, -0.2) is 20.1 Å². The summed E-state index contributed by atoms with van der Waals surface area (Å²) in [4.78, 5) is 0. The largest absolute Gasteiger partial charge is 0.241 e. The predicted molar refractivity (Wildman–Crippen MR) is 177 cm³/mol. The number of allylic oxidation sites excluding steroid dienone is 5. The van der Waals surface area contributed by atoms with Crippen molar-refractivity contribution >= 4 is 69.4 Å². The Balaban J connectivity index is 1.58. The van der Waals surface area contributed by atoms with Crippen LogP contribution < -0.4 is 43.7 Å². The van der Waals surface area contributed by atoms with Crippen molar-refractivity contribution in [3.63, 3.8) is 0 Å². The van der Waals surface area contributed by atoms with E-state index in [-0.39, 0.29) is 20.1 Å². The second-order valence-electron chi connectivity index (χ2n) is 11.1. The van der Waals surface area contributed by atoms with Gasteiger partial charge in [-0.2, -0.15) is 0 Å². The third-order valence-corrected chi connectivity index (χ3v) is 9.26. The van der Waals surface area contributed by atoms with Gasteiger partial charge in [-0.1, -0.05) is 189 Å². The van der Waals surface area contributed by atoms with Crippen LogP contribution in [0.3, 0.4) is 0 Å². The van der Waals surface area contributed by atoms with Gasteiger partial charge in [-0.3, -0.25) is 0 Å². The van der Waals surface area contributed by atoms with E-state index in [9.17, 15) is 0 Å². The molecule has 3 heteroatoms. The van der Waals surface area contributed by atoms with Crippen LogP contribution in [-0.2, 0) is 0 Å². The lowest BCUT2D eigenvalue weighted by atomic mass is 9.29. The summed E-state index contributed by atoms with van der Waals surface area (Å²) in [5, 5.41) is 0. The van der Waals surface area contributed by atoms with Crippen LogP contribution in [0.1, 0.15) is 12.5 Å². The Morgan fingerprint density at radius 2 is 1.02 bits per heavy atom. The minimum atomic E-state index is 0.124. The zero-order valence-corrected chi connectivity index (χ0v) is 22.6. The van der Waals surface area contributed by atoms with Crippen LogP contribution in [0.2, 0.25) is 0 Å². The van der Waals surface area contributed by atoms with E-state index in [1.54, 1.807) is 0 Å². The molecular weight excluding hydrogens is 477 g/mol. The van der Waals surface area contributed by atoms with Crippen LogP contribution >= 0.6 is 0 Å². The van der Waals surface area contributed by atoms with Gasteiger partial charge in [0.2, 0.25) is 20.1 Å². The minimum Gasteiger partial charge on any atom is -0.0995 e. The normalized spacial score (nSPS) is 14.4. The molecule has 0 saturated heterocycles. The first-order chi connectivity index (χ1) is 19.8. The summed E-state index contributed by atoms with van der Waals surface area (Å²) in [6.45, 7) is 6.93. The standard InChI is InChI=1S/C37H27B3/c1-3-14-26-28-23-24-29-27-17-8-9-18-31(27)40-35-22-13-11-20-33(35)38(25-15-6-5-7-16-25)32-19-10-12-21-34(32)39(30(26)4-2)36(28)37(29)40/h3-24H,2H2,1H3/b14-3-. The van der Waals surface area contributed by atoms with Crippen LogP contribution in [0, 0.1) is 0 Å². The van der Waals surface area contributed by atoms with E-state index in [0.29, 0.717) is 0 Å². The van der Waals surface area contributed by atoms with E-state index in [4.69, 9.17) is 0 Å². The second kappa shape index (κ2) is 9.03. The average Bonchev–Trinajstić information content (AvgIpc) is 3.52. The van der Waals surface area contributed by atoms with Crippen LogP contribution in [0.15, 0.2) is 146 Å². The van der Waals surface area contributed by atoms with E-state index < -0.39 is 0 Å². The summed E-state index contributed by atoms with van der Waals surface area (Å²) < 4.78 is 0. The van der Waals surface area contributed by atoms with Crippen molar-refractivity contribution in [2.75, 3.05) is 0 Å². The van der Waals surface area contributed by atoms with Gasteiger partial charge in [-0.25, -0.2) is 0 Å². The molecule has 0 N–H and O–H groups in total. The molecule has 184 valence electrons. The van der Waals surface area contributed by atoms with Crippen molar-refractivity contribution in [3.8, 4) is 11.1 Å². The predicted octanol–water partition coefficient (Wildman–Crippen LogP) is 2.69. The van der Waals surface area contributed by atoms with Gasteiger partial charge in [0.05, 0.1) is 0 Å². The minimum absolute atomic E-state index is 0.124. The van der Waals surface area contributed by atoms with Crippen molar-refractivity contribution in [2.24, 2.45) is 0 Å². The van der Waals surface area contributed by atoms with Gasteiger partial charge in [-0.05, 0) is 29.2 Å². The van der Waals surface area contributed by atoms with Gasteiger partial charge in [0.15, 0.2) is 0 Å². The molecule has 0 radical (unpaired) electrons. The van der Waals surface area contributed by atoms with Crippen molar-refractivity contribution in [2.45, 2.75) is 6.92 Å². The highest BCUT2D eigenvalue weighted by molar-refractivity contribution is 7.12. The summed E-state index contributed by atoms with van der Waals surface area (Å²) in [6.07, 6.45) is 6.57. The zero-order chi connectivity index (χ0) is 26.8. The average molecular weight is 504 g/mol. The maximum atomic E-state index is 4.38. The molecular formula is C37H27B3. The smallest absolute Gasteiger partial charge is 0.0995 e. The molecule has 0 fully saturated rings. The molecule has 5 aromatic carbocycles. The SMILES string of the molecule is C=CC1=C(/C=C\C)c2ccc3c4c2B1c1ccccc1B(c1ccccc1)c1ccccc1B4c1ccccc1-3. The fourth-order valence-corrected chi connectivity index (χ4v) is 7.82. The molecule has 0 bridgehead atoms. The molecule has 8 rings (SSSR count). The summed E-state index contributed by atoms with van der Waals surface area (Å²) in [5.41, 5.74) is 17.9. The van der Waals surface area contributed by atoms with Crippen LogP contribution in [0.25, 0.3) is 16.7 Å². The van der Waals surface area contributed by atoms with Gasteiger partial charge in [0.25, 0.3) is 0 Å². The van der Waals surface area contributed by atoms with E-state index in [2.05, 4.69) is 147 Å². The number of rotatable bonds is 3. The molecule has 0 atom stereocenters. The van der Waals surface area contributed by atoms with Crippen molar-refractivity contribution in [3.05, 3.63) is 151 Å². The fraction of sp³-hybridized carbons (Fsp3) is 0.0270. The molecule has 3 aliphatic heterocycles. The molecule has 3 heterocycles. The highest BCUT2D eigenvalue weighted by atomic mass is 14.3. The molecule has 0 saturated carbocycles. The van der Waals surface area contributed by atoms with E-state index in [1.807, 2.05) is 0 Å². The lowest BCUT2D eigenvalue weighted by molar-refractivity contribution is 1.67. The molecule has 0 nitrogen and oxygen atoms in total. The topological polar surface area (TPSA) is 0 Å². The first kappa shape index (κ1) is 23.4. The lowest BCUT2D eigenvalue weighted by Gasteiger charge is -2.23. The quantitative estimate of drug-likeness (QED) is 0.326. The van der Waals surface area contributed by atoms with Crippen molar-refractivity contribution in [1.29, 1.82) is 0 Å². The monoisotopic (exact) mass is 504 g/mol.